The number of hydrogen-bond acceptors (Lipinski definition) is 6. The number of aryl methyl sites for hydroxylation is 1. The Kier molecular flexibility index (Phi) is 4.72. The minimum Gasteiger partial charge on any atom is -0.364 e. The molecule has 0 unspecified atom stereocenters. The fourth-order valence-electron chi connectivity index (χ4n) is 2.88. The fraction of sp³-hybridized carbons (Fsp3) is 0.143. The number of carbonyl (C=O) groups excluding carboxylic acids is 1. The van der Waals surface area contributed by atoms with Crippen LogP contribution in [0.15, 0.2) is 59.1 Å². The number of hydrogen-bond donors (Lipinski definition) is 2. The Hall–Kier alpha value is -3.74. The van der Waals surface area contributed by atoms with E-state index < -0.39 is 5.91 Å². The quantitative estimate of drug-likeness (QED) is 0.547. The van der Waals surface area contributed by atoms with E-state index >= 15 is 0 Å². The van der Waals surface area contributed by atoms with Gasteiger partial charge in [0.15, 0.2) is 5.69 Å². The van der Waals surface area contributed by atoms with Crippen LogP contribution in [0.5, 0.6) is 0 Å². The standard InChI is InChI=1S/C21H19N5O2/c1-13-14(2)26-28-21(13)23-20(27)18-10-11-19(25-24-18)22-12-16-8-5-7-15-6-3-4-9-17(15)16/h3-11H,12H2,1-2H3,(H,22,25)(H,23,27). The molecular formula is C21H19N5O2. The van der Waals surface area contributed by atoms with E-state index in [1.54, 1.807) is 12.1 Å². The summed E-state index contributed by atoms with van der Waals surface area (Å²) >= 11 is 0. The summed E-state index contributed by atoms with van der Waals surface area (Å²) in [5.41, 5.74) is 2.88. The van der Waals surface area contributed by atoms with E-state index in [1.807, 2.05) is 32.0 Å². The van der Waals surface area contributed by atoms with Crippen molar-refractivity contribution in [2.45, 2.75) is 20.4 Å². The lowest BCUT2D eigenvalue weighted by molar-refractivity contribution is 0.101. The van der Waals surface area contributed by atoms with Gasteiger partial charge in [0.25, 0.3) is 5.91 Å². The SMILES string of the molecule is Cc1noc(NC(=O)c2ccc(NCc3cccc4ccccc34)nn2)c1C. The molecular weight excluding hydrogens is 354 g/mol. The van der Waals surface area contributed by atoms with Gasteiger partial charge in [-0.25, -0.2) is 0 Å². The van der Waals surface area contributed by atoms with Crippen LogP contribution in [0.3, 0.4) is 0 Å². The zero-order valence-corrected chi connectivity index (χ0v) is 15.6. The maximum absolute atomic E-state index is 12.3. The van der Waals surface area contributed by atoms with Gasteiger partial charge in [0.05, 0.1) is 5.69 Å². The van der Waals surface area contributed by atoms with Crippen LogP contribution in [-0.2, 0) is 6.54 Å². The molecule has 7 nitrogen and oxygen atoms in total. The van der Waals surface area contributed by atoms with Crippen LogP contribution in [-0.4, -0.2) is 21.3 Å². The summed E-state index contributed by atoms with van der Waals surface area (Å²) in [6.07, 6.45) is 0. The number of rotatable bonds is 5. The Labute approximate surface area is 161 Å². The van der Waals surface area contributed by atoms with Crippen LogP contribution in [0.1, 0.15) is 27.3 Å². The topological polar surface area (TPSA) is 92.9 Å². The van der Waals surface area contributed by atoms with Gasteiger partial charge in [-0.05, 0) is 42.3 Å². The molecule has 28 heavy (non-hydrogen) atoms. The van der Waals surface area contributed by atoms with Crippen molar-refractivity contribution in [2.75, 3.05) is 10.6 Å². The van der Waals surface area contributed by atoms with Gasteiger partial charge in [-0.3, -0.25) is 10.1 Å². The summed E-state index contributed by atoms with van der Waals surface area (Å²) in [5.74, 6) is 0.519. The molecule has 0 aliphatic carbocycles. The smallest absolute Gasteiger partial charge is 0.278 e. The summed E-state index contributed by atoms with van der Waals surface area (Å²) in [4.78, 5) is 12.3. The molecule has 140 valence electrons. The third-order valence-electron chi connectivity index (χ3n) is 4.62. The maximum Gasteiger partial charge on any atom is 0.278 e. The molecule has 0 fully saturated rings. The first kappa shape index (κ1) is 17.7. The van der Waals surface area contributed by atoms with Gasteiger partial charge in [-0.15, -0.1) is 10.2 Å². The molecule has 0 aliphatic rings. The van der Waals surface area contributed by atoms with Crippen LogP contribution in [0.2, 0.25) is 0 Å². The third-order valence-corrected chi connectivity index (χ3v) is 4.62. The Morgan fingerprint density at radius 3 is 2.57 bits per heavy atom. The van der Waals surface area contributed by atoms with Gasteiger partial charge in [0.1, 0.15) is 5.82 Å². The zero-order valence-electron chi connectivity index (χ0n) is 15.6. The molecule has 2 aromatic carbocycles. The van der Waals surface area contributed by atoms with Gasteiger partial charge in [0, 0.05) is 12.1 Å². The van der Waals surface area contributed by atoms with E-state index in [2.05, 4.69) is 50.3 Å². The first-order valence-corrected chi connectivity index (χ1v) is 8.90. The molecule has 4 aromatic rings. The first-order chi connectivity index (χ1) is 13.6. The van der Waals surface area contributed by atoms with Crippen molar-refractivity contribution in [1.82, 2.24) is 15.4 Å². The molecule has 0 spiro atoms. The second-order valence-electron chi connectivity index (χ2n) is 6.47. The molecule has 0 saturated carbocycles. The summed E-state index contributed by atoms with van der Waals surface area (Å²) in [5, 5.41) is 20.2. The molecule has 0 atom stereocenters. The van der Waals surface area contributed by atoms with E-state index in [1.165, 1.54) is 10.8 Å². The van der Waals surface area contributed by atoms with Crippen molar-refractivity contribution in [3.05, 3.63) is 77.1 Å². The molecule has 0 saturated heterocycles. The number of nitrogens with one attached hydrogen (secondary N) is 2. The normalized spacial score (nSPS) is 10.8. The number of anilines is 2. The monoisotopic (exact) mass is 373 g/mol. The summed E-state index contributed by atoms with van der Waals surface area (Å²) in [6, 6.07) is 17.8. The average molecular weight is 373 g/mol. The predicted octanol–water partition coefficient (Wildman–Crippen LogP) is 4.10. The maximum atomic E-state index is 12.3. The Morgan fingerprint density at radius 2 is 1.82 bits per heavy atom. The first-order valence-electron chi connectivity index (χ1n) is 8.90. The number of nitrogens with zero attached hydrogens (tertiary/aromatic N) is 3. The summed E-state index contributed by atoms with van der Waals surface area (Å²) < 4.78 is 5.09. The third kappa shape index (κ3) is 3.55. The van der Waals surface area contributed by atoms with Gasteiger partial charge in [-0.1, -0.05) is 47.6 Å². The van der Waals surface area contributed by atoms with Crippen molar-refractivity contribution in [2.24, 2.45) is 0 Å². The van der Waals surface area contributed by atoms with E-state index in [0.29, 0.717) is 18.2 Å². The Balaban J connectivity index is 1.43. The van der Waals surface area contributed by atoms with Gasteiger partial charge >= 0.3 is 0 Å². The summed E-state index contributed by atoms with van der Waals surface area (Å²) in [6.45, 7) is 4.25. The predicted molar refractivity (Wildman–Crippen MR) is 107 cm³/mol. The number of fused-ring (bicyclic) bond motifs is 1. The highest BCUT2D eigenvalue weighted by Crippen LogP contribution is 2.20. The molecule has 4 rings (SSSR count). The van der Waals surface area contributed by atoms with Crippen molar-refractivity contribution in [3.8, 4) is 0 Å². The lowest BCUT2D eigenvalue weighted by Crippen LogP contribution is -2.15. The number of aromatic nitrogens is 3. The molecule has 7 heteroatoms. The van der Waals surface area contributed by atoms with Crippen molar-refractivity contribution >= 4 is 28.4 Å². The minimum atomic E-state index is -0.396. The molecule has 0 aliphatic heterocycles. The molecule has 2 heterocycles. The minimum absolute atomic E-state index is 0.198. The Morgan fingerprint density at radius 1 is 1.00 bits per heavy atom. The van der Waals surface area contributed by atoms with E-state index in [0.717, 1.165) is 16.8 Å². The van der Waals surface area contributed by atoms with E-state index in [4.69, 9.17) is 4.52 Å². The van der Waals surface area contributed by atoms with Crippen molar-refractivity contribution in [3.63, 3.8) is 0 Å². The van der Waals surface area contributed by atoms with Crippen LogP contribution in [0, 0.1) is 13.8 Å². The molecule has 0 radical (unpaired) electrons. The van der Waals surface area contributed by atoms with E-state index in [-0.39, 0.29) is 5.69 Å². The van der Waals surface area contributed by atoms with Crippen LogP contribution < -0.4 is 10.6 Å². The molecule has 2 aromatic heterocycles. The largest absolute Gasteiger partial charge is 0.364 e. The van der Waals surface area contributed by atoms with Gasteiger partial charge < -0.3 is 9.84 Å². The lowest BCUT2D eigenvalue weighted by Gasteiger charge is -2.09. The van der Waals surface area contributed by atoms with Gasteiger partial charge in [-0.2, -0.15) is 0 Å². The summed E-state index contributed by atoms with van der Waals surface area (Å²) in [7, 11) is 0. The highest BCUT2D eigenvalue weighted by Gasteiger charge is 2.14. The average Bonchev–Trinajstić information content (AvgIpc) is 3.04. The lowest BCUT2D eigenvalue weighted by atomic mass is 10.0. The second kappa shape index (κ2) is 7.48. The number of amides is 1. The van der Waals surface area contributed by atoms with Crippen LogP contribution in [0.4, 0.5) is 11.7 Å². The van der Waals surface area contributed by atoms with Crippen LogP contribution >= 0.6 is 0 Å². The highest BCUT2D eigenvalue weighted by atomic mass is 16.5. The van der Waals surface area contributed by atoms with Crippen LogP contribution in [0.25, 0.3) is 10.8 Å². The van der Waals surface area contributed by atoms with Crippen molar-refractivity contribution in [1.29, 1.82) is 0 Å². The highest BCUT2D eigenvalue weighted by molar-refractivity contribution is 6.02. The zero-order chi connectivity index (χ0) is 19.5. The molecule has 2 N–H and O–H groups in total. The number of benzene rings is 2. The van der Waals surface area contributed by atoms with Crippen molar-refractivity contribution < 1.29 is 9.32 Å². The fourth-order valence-corrected chi connectivity index (χ4v) is 2.88. The van der Waals surface area contributed by atoms with Gasteiger partial charge in [0.2, 0.25) is 5.88 Å². The number of carbonyl (C=O) groups is 1. The Bertz CT molecular complexity index is 1130. The second-order valence-corrected chi connectivity index (χ2v) is 6.47. The molecule has 1 amide bonds. The van der Waals surface area contributed by atoms with E-state index in [9.17, 15) is 4.79 Å². The molecule has 0 bridgehead atoms.